The van der Waals surface area contributed by atoms with Crippen LogP contribution in [0.5, 0.6) is 0 Å². The van der Waals surface area contributed by atoms with Crippen molar-refractivity contribution >= 4 is 5.78 Å². The first-order chi connectivity index (χ1) is 6.31. The first-order valence-electron chi connectivity index (χ1n) is 4.94. The van der Waals surface area contributed by atoms with E-state index in [0.717, 1.165) is 5.57 Å². The maximum absolute atomic E-state index is 11.8. The number of carbonyl (C=O) groups excluding carboxylic acids is 1. The molecular formula is C11H13NO. The van der Waals surface area contributed by atoms with Gasteiger partial charge < -0.3 is 5.73 Å². The van der Waals surface area contributed by atoms with Crippen LogP contribution in [0.4, 0.5) is 0 Å². The molecule has 0 heterocycles. The molecular weight excluding hydrogens is 162 g/mol. The van der Waals surface area contributed by atoms with E-state index in [2.05, 4.69) is 18.2 Å². The minimum atomic E-state index is 0.258. The molecule has 0 aromatic carbocycles. The molecule has 0 unspecified atom stereocenters. The molecule has 2 nitrogen and oxygen atoms in total. The van der Waals surface area contributed by atoms with E-state index in [-0.39, 0.29) is 5.92 Å². The molecule has 1 saturated carbocycles. The molecule has 13 heavy (non-hydrogen) atoms. The Morgan fingerprint density at radius 1 is 1.38 bits per heavy atom. The smallest absolute Gasteiger partial charge is 0.164 e. The van der Waals surface area contributed by atoms with Crippen molar-refractivity contribution in [1.29, 1.82) is 0 Å². The van der Waals surface area contributed by atoms with Gasteiger partial charge in [0.15, 0.2) is 5.78 Å². The Kier molecular flexibility index (Phi) is 1.34. The second-order valence-electron chi connectivity index (χ2n) is 4.31. The Labute approximate surface area is 77.5 Å². The normalized spacial score (nSPS) is 45.6. The zero-order valence-electron chi connectivity index (χ0n) is 7.44. The number of hydrogen-bond donors (Lipinski definition) is 1. The number of allylic oxidation sites excluding steroid dienone is 3. The van der Waals surface area contributed by atoms with Crippen LogP contribution in [-0.2, 0) is 4.79 Å². The van der Waals surface area contributed by atoms with E-state index in [9.17, 15) is 4.79 Å². The van der Waals surface area contributed by atoms with Gasteiger partial charge in [-0.3, -0.25) is 4.79 Å². The van der Waals surface area contributed by atoms with Crippen molar-refractivity contribution in [2.24, 2.45) is 29.4 Å². The third kappa shape index (κ3) is 0.792. The van der Waals surface area contributed by atoms with Gasteiger partial charge in [-0.1, -0.05) is 18.2 Å². The summed E-state index contributed by atoms with van der Waals surface area (Å²) in [5.74, 6) is 2.21. The van der Waals surface area contributed by atoms with Crippen molar-refractivity contribution in [1.82, 2.24) is 0 Å². The second-order valence-corrected chi connectivity index (χ2v) is 4.31. The van der Waals surface area contributed by atoms with Crippen molar-refractivity contribution < 1.29 is 4.79 Å². The number of hydrogen-bond acceptors (Lipinski definition) is 2. The topological polar surface area (TPSA) is 43.1 Å². The highest BCUT2D eigenvalue weighted by Crippen LogP contribution is 2.52. The number of fused-ring (bicyclic) bond motifs is 5. The summed E-state index contributed by atoms with van der Waals surface area (Å²) in [4.78, 5) is 11.8. The van der Waals surface area contributed by atoms with E-state index in [1.54, 1.807) is 0 Å². The Bertz CT molecular complexity index is 329. The molecule has 3 aliphatic carbocycles. The lowest BCUT2D eigenvalue weighted by atomic mass is 9.85. The zero-order valence-corrected chi connectivity index (χ0v) is 7.44. The van der Waals surface area contributed by atoms with E-state index in [0.29, 0.717) is 30.1 Å². The SMILES string of the molecule is NCC1=C[C@@H]2[C@H](C1=O)[C@H]1C=C[C@@H]2C1. The molecule has 0 radical (unpaired) electrons. The van der Waals surface area contributed by atoms with Gasteiger partial charge in [0.2, 0.25) is 0 Å². The van der Waals surface area contributed by atoms with Crippen LogP contribution in [0.15, 0.2) is 23.8 Å². The molecule has 2 heteroatoms. The first kappa shape index (κ1) is 7.51. The Morgan fingerprint density at radius 3 is 2.85 bits per heavy atom. The van der Waals surface area contributed by atoms with Gasteiger partial charge in [-0.25, -0.2) is 0 Å². The standard InChI is InChI=1S/C11H13NO/c12-5-8-4-9-6-1-2-7(3-6)10(9)11(8)13/h1-2,4,6-7,9-10H,3,5,12H2/t6-,7+,9+,10-/m1/s1. The number of Topliss-reactive ketones (excluding diaryl/α,β-unsaturated/α-hetero) is 1. The monoisotopic (exact) mass is 175 g/mol. The fraction of sp³-hybridized carbons (Fsp3) is 0.545. The predicted octanol–water partition coefficient (Wildman–Crippen LogP) is 0.893. The van der Waals surface area contributed by atoms with Crippen LogP contribution in [0.1, 0.15) is 6.42 Å². The summed E-state index contributed by atoms with van der Waals surface area (Å²) in [5.41, 5.74) is 6.40. The Balaban J connectivity index is 2.00. The fourth-order valence-electron chi connectivity index (χ4n) is 3.15. The van der Waals surface area contributed by atoms with E-state index in [1.807, 2.05) is 0 Å². The summed E-state index contributed by atoms with van der Waals surface area (Å²) in [6.45, 7) is 0.422. The Morgan fingerprint density at radius 2 is 2.15 bits per heavy atom. The maximum Gasteiger partial charge on any atom is 0.164 e. The highest BCUT2D eigenvalue weighted by molar-refractivity contribution is 6.01. The average molecular weight is 175 g/mol. The molecule has 0 spiro atoms. The van der Waals surface area contributed by atoms with Gasteiger partial charge in [-0.05, 0) is 24.2 Å². The molecule has 68 valence electrons. The minimum Gasteiger partial charge on any atom is -0.326 e. The summed E-state index contributed by atoms with van der Waals surface area (Å²) >= 11 is 0. The zero-order chi connectivity index (χ0) is 9.00. The number of nitrogens with two attached hydrogens (primary N) is 1. The van der Waals surface area contributed by atoms with Crippen LogP contribution < -0.4 is 5.73 Å². The summed E-state index contributed by atoms with van der Waals surface area (Å²) in [7, 11) is 0. The lowest BCUT2D eigenvalue weighted by Crippen LogP contribution is -2.22. The van der Waals surface area contributed by atoms with Crippen LogP contribution in [0.2, 0.25) is 0 Å². The van der Waals surface area contributed by atoms with E-state index < -0.39 is 0 Å². The van der Waals surface area contributed by atoms with E-state index >= 15 is 0 Å². The summed E-state index contributed by atoms with van der Waals surface area (Å²) < 4.78 is 0. The van der Waals surface area contributed by atoms with Gasteiger partial charge in [-0.2, -0.15) is 0 Å². The van der Waals surface area contributed by atoms with Gasteiger partial charge in [0.25, 0.3) is 0 Å². The van der Waals surface area contributed by atoms with Crippen LogP contribution in [0.25, 0.3) is 0 Å². The predicted molar refractivity (Wildman–Crippen MR) is 49.9 cm³/mol. The quantitative estimate of drug-likeness (QED) is 0.601. The Hall–Kier alpha value is -0.890. The lowest BCUT2D eigenvalue weighted by molar-refractivity contribution is -0.119. The van der Waals surface area contributed by atoms with Gasteiger partial charge >= 0.3 is 0 Å². The molecule has 0 aromatic heterocycles. The fourth-order valence-corrected chi connectivity index (χ4v) is 3.15. The van der Waals surface area contributed by atoms with Crippen molar-refractivity contribution in [3.05, 3.63) is 23.8 Å². The lowest BCUT2D eigenvalue weighted by Gasteiger charge is -2.17. The molecule has 2 bridgehead atoms. The third-order valence-corrected chi connectivity index (χ3v) is 3.75. The van der Waals surface area contributed by atoms with E-state index in [1.165, 1.54) is 6.42 Å². The van der Waals surface area contributed by atoms with Crippen LogP contribution in [0.3, 0.4) is 0 Å². The minimum absolute atomic E-state index is 0.258. The molecule has 0 amide bonds. The summed E-state index contributed by atoms with van der Waals surface area (Å²) in [5, 5.41) is 0. The number of ketones is 1. The largest absolute Gasteiger partial charge is 0.326 e. The molecule has 0 saturated heterocycles. The highest BCUT2D eigenvalue weighted by atomic mass is 16.1. The van der Waals surface area contributed by atoms with Gasteiger partial charge in [0.1, 0.15) is 0 Å². The van der Waals surface area contributed by atoms with Gasteiger partial charge in [0.05, 0.1) is 0 Å². The molecule has 3 rings (SSSR count). The summed E-state index contributed by atoms with van der Waals surface area (Å²) in [6.07, 6.45) is 7.81. The second kappa shape index (κ2) is 2.32. The first-order valence-corrected chi connectivity index (χ1v) is 4.94. The molecule has 3 aliphatic rings. The van der Waals surface area contributed by atoms with Crippen molar-refractivity contribution in [2.45, 2.75) is 6.42 Å². The van der Waals surface area contributed by atoms with Crippen LogP contribution in [-0.4, -0.2) is 12.3 Å². The van der Waals surface area contributed by atoms with Gasteiger partial charge in [-0.15, -0.1) is 0 Å². The van der Waals surface area contributed by atoms with Gasteiger partial charge in [0, 0.05) is 18.0 Å². The highest BCUT2D eigenvalue weighted by Gasteiger charge is 2.50. The van der Waals surface area contributed by atoms with E-state index in [4.69, 9.17) is 5.73 Å². The van der Waals surface area contributed by atoms with Crippen LogP contribution >= 0.6 is 0 Å². The number of rotatable bonds is 1. The molecule has 1 fully saturated rings. The maximum atomic E-state index is 11.8. The molecule has 4 atom stereocenters. The van der Waals surface area contributed by atoms with Crippen LogP contribution in [0, 0.1) is 23.7 Å². The average Bonchev–Trinajstić information content (AvgIpc) is 2.76. The molecule has 0 aliphatic heterocycles. The van der Waals surface area contributed by atoms with Crippen molar-refractivity contribution in [3.63, 3.8) is 0 Å². The van der Waals surface area contributed by atoms with Crippen molar-refractivity contribution in [3.8, 4) is 0 Å². The third-order valence-electron chi connectivity index (χ3n) is 3.75. The summed E-state index contributed by atoms with van der Waals surface area (Å²) in [6, 6.07) is 0. The van der Waals surface area contributed by atoms with Crippen molar-refractivity contribution in [2.75, 3.05) is 6.54 Å². The molecule has 0 aromatic rings. The molecule has 2 N–H and O–H groups in total. The number of carbonyl (C=O) groups is 1.